The van der Waals surface area contributed by atoms with Crippen LogP contribution in [0.5, 0.6) is 0 Å². The van der Waals surface area contributed by atoms with E-state index in [1.54, 1.807) is 23.5 Å². The van der Waals surface area contributed by atoms with Gasteiger partial charge in [0.15, 0.2) is 0 Å². The third kappa shape index (κ3) is 4.06. The molecule has 2 rings (SSSR count). The zero-order chi connectivity index (χ0) is 14.5. The van der Waals surface area contributed by atoms with Crippen LogP contribution in [-0.4, -0.2) is 17.1 Å². The number of anilines is 1. The van der Waals surface area contributed by atoms with Gasteiger partial charge in [-0.25, -0.2) is 9.78 Å². The van der Waals surface area contributed by atoms with Crippen molar-refractivity contribution in [2.75, 3.05) is 5.32 Å². The zero-order valence-electron chi connectivity index (χ0n) is 11.8. The minimum absolute atomic E-state index is 0.102. The lowest BCUT2D eigenvalue weighted by Crippen LogP contribution is -2.11. The number of thiazole rings is 1. The van der Waals surface area contributed by atoms with Crippen molar-refractivity contribution in [1.82, 2.24) is 4.98 Å². The first-order valence-corrected chi connectivity index (χ1v) is 7.32. The summed E-state index contributed by atoms with van der Waals surface area (Å²) in [6.07, 6.45) is 1.77. The standard InChI is InChI=1S/C15H18N2O2S/c1-10(2)19-15(18)12-4-6-13(7-5-12)17-9-14-8-16-11(3)20-14/h4-8,10,17H,9H2,1-3H3. The molecule has 1 aromatic carbocycles. The molecule has 0 saturated heterocycles. The second-order valence-electron chi connectivity index (χ2n) is 4.73. The van der Waals surface area contributed by atoms with Crippen LogP contribution < -0.4 is 5.32 Å². The fourth-order valence-electron chi connectivity index (χ4n) is 1.68. The number of nitrogens with one attached hydrogen (secondary N) is 1. The second kappa shape index (κ2) is 6.52. The summed E-state index contributed by atoms with van der Waals surface area (Å²) in [5.74, 6) is -0.287. The van der Waals surface area contributed by atoms with Crippen LogP contribution in [0.15, 0.2) is 30.5 Å². The van der Waals surface area contributed by atoms with E-state index >= 15 is 0 Å². The first-order valence-electron chi connectivity index (χ1n) is 6.51. The molecule has 0 radical (unpaired) electrons. The SMILES string of the molecule is Cc1ncc(CNc2ccc(C(=O)OC(C)C)cc2)s1. The summed E-state index contributed by atoms with van der Waals surface area (Å²) in [6.45, 7) is 6.40. The van der Waals surface area contributed by atoms with E-state index in [-0.39, 0.29) is 12.1 Å². The lowest BCUT2D eigenvalue weighted by molar-refractivity contribution is 0.0378. The van der Waals surface area contributed by atoms with Gasteiger partial charge in [0.05, 0.1) is 23.2 Å². The number of aromatic nitrogens is 1. The van der Waals surface area contributed by atoms with Crippen molar-refractivity contribution in [3.05, 3.63) is 45.9 Å². The van der Waals surface area contributed by atoms with E-state index in [0.29, 0.717) is 5.56 Å². The quantitative estimate of drug-likeness (QED) is 0.854. The fourth-order valence-corrected chi connectivity index (χ4v) is 2.42. The predicted molar refractivity (Wildman–Crippen MR) is 81.2 cm³/mol. The minimum atomic E-state index is -0.287. The van der Waals surface area contributed by atoms with Gasteiger partial charge in [-0.05, 0) is 45.0 Å². The van der Waals surface area contributed by atoms with Gasteiger partial charge in [-0.15, -0.1) is 11.3 Å². The Kier molecular flexibility index (Phi) is 4.74. The van der Waals surface area contributed by atoms with Gasteiger partial charge >= 0.3 is 5.97 Å². The Balaban J connectivity index is 1.93. The number of carbonyl (C=O) groups excluding carboxylic acids is 1. The molecule has 1 heterocycles. The van der Waals surface area contributed by atoms with Gasteiger partial charge in [-0.1, -0.05) is 0 Å². The third-order valence-corrected chi connectivity index (χ3v) is 3.51. The molecule has 0 unspecified atom stereocenters. The van der Waals surface area contributed by atoms with Crippen molar-refractivity contribution in [3.63, 3.8) is 0 Å². The number of hydrogen-bond donors (Lipinski definition) is 1. The van der Waals surface area contributed by atoms with Crippen LogP contribution in [0.1, 0.15) is 34.1 Å². The number of hydrogen-bond acceptors (Lipinski definition) is 5. The average molecular weight is 290 g/mol. The maximum Gasteiger partial charge on any atom is 0.338 e. The van der Waals surface area contributed by atoms with Gasteiger partial charge < -0.3 is 10.1 Å². The first kappa shape index (κ1) is 14.5. The lowest BCUT2D eigenvalue weighted by Gasteiger charge is -2.09. The van der Waals surface area contributed by atoms with Gasteiger partial charge in [0.25, 0.3) is 0 Å². The number of rotatable bonds is 5. The minimum Gasteiger partial charge on any atom is -0.459 e. The van der Waals surface area contributed by atoms with E-state index in [0.717, 1.165) is 17.2 Å². The number of esters is 1. The second-order valence-corrected chi connectivity index (χ2v) is 6.05. The molecule has 0 bridgehead atoms. The summed E-state index contributed by atoms with van der Waals surface area (Å²) in [5, 5.41) is 4.36. The van der Waals surface area contributed by atoms with Crippen LogP contribution in [0, 0.1) is 6.92 Å². The summed E-state index contributed by atoms with van der Waals surface area (Å²) >= 11 is 1.67. The molecule has 2 aromatic rings. The average Bonchev–Trinajstić information content (AvgIpc) is 2.82. The number of carbonyl (C=O) groups is 1. The number of benzene rings is 1. The molecule has 0 saturated carbocycles. The predicted octanol–water partition coefficient (Wildman–Crippen LogP) is 3.63. The van der Waals surface area contributed by atoms with E-state index < -0.39 is 0 Å². The molecule has 106 valence electrons. The van der Waals surface area contributed by atoms with Crippen LogP contribution in [0.2, 0.25) is 0 Å². The van der Waals surface area contributed by atoms with Crippen LogP contribution in [0.3, 0.4) is 0 Å². The Morgan fingerprint density at radius 2 is 2.05 bits per heavy atom. The van der Waals surface area contributed by atoms with E-state index in [4.69, 9.17) is 4.74 Å². The molecular weight excluding hydrogens is 272 g/mol. The molecule has 0 aliphatic heterocycles. The first-order chi connectivity index (χ1) is 9.54. The molecule has 0 aliphatic rings. The Bertz CT molecular complexity index is 576. The van der Waals surface area contributed by atoms with E-state index in [1.807, 2.05) is 39.1 Å². The summed E-state index contributed by atoms with van der Waals surface area (Å²) in [4.78, 5) is 17.1. The smallest absolute Gasteiger partial charge is 0.338 e. The molecule has 0 spiro atoms. The van der Waals surface area contributed by atoms with Crippen molar-refractivity contribution in [2.24, 2.45) is 0 Å². The topological polar surface area (TPSA) is 51.2 Å². The molecule has 5 heteroatoms. The Morgan fingerprint density at radius 1 is 1.35 bits per heavy atom. The molecule has 1 N–H and O–H groups in total. The molecule has 1 aromatic heterocycles. The number of ether oxygens (including phenoxy) is 1. The van der Waals surface area contributed by atoms with Gasteiger partial charge in [-0.3, -0.25) is 0 Å². The molecule has 0 atom stereocenters. The molecule has 20 heavy (non-hydrogen) atoms. The van der Waals surface area contributed by atoms with Gasteiger partial charge in [-0.2, -0.15) is 0 Å². The normalized spacial score (nSPS) is 10.6. The highest BCUT2D eigenvalue weighted by Crippen LogP contribution is 2.15. The highest BCUT2D eigenvalue weighted by Gasteiger charge is 2.08. The van der Waals surface area contributed by atoms with Crippen molar-refractivity contribution in [3.8, 4) is 0 Å². The zero-order valence-corrected chi connectivity index (χ0v) is 12.7. The molecular formula is C15H18N2O2S. The molecule has 0 amide bonds. The van der Waals surface area contributed by atoms with Crippen LogP contribution in [0.25, 0.3) is 0 Å². The van der Waals surface area contributed by atoms with Crippen molar-refractivity contribution in [1.29, 1.82) is 0 Å². The van der Waals surface area contributed by atoms with Crippen molar-refractivity contribution in [2.45, 2.75) is 33.4 Å². The van der Waals surface area contributed by atoms with Crippen molar-refractivity contribution >= 4 is 23.0 Å². The monoisotopic (exact) mass is 290 g/mol. The highest BCUT2D eigenvalue weighted by molar-refractivity contribution is 7.11. The van der Waals surface area contributed by atoms with Crippen molar-refractivity contribution < 1.29 is 9.53 Å². The largest absolute Gasteiger partial charge is 0.459 e. The lowest BCUT2D eigenvalue weighted by atomic mass is 10.2. The Morgan fingerprint density at radius 3 is 2.60 bits per heavy atom. The third-order valence-electron chi connectivity index (χ3n) is 2.60. The summed E-state index contributed by atoms with van der Waals surface area (Å²) in [5.41, 5.74) is 1.54. The summed E-state index contributed by atoms with van der Waals surface area (Å²) in [7, 11) is 0. The van der Waals surface area contributed by atoms with Gasteiger partial charge in [0, 0.05) is 16.8 Å². The highest BCUT2D eigenvalue weighted by atomic mass is 32.1. The van der Waals surface area contributed by atoms with E-state index in [1.165, 1.54) is 4.88 Å². The Hall–Kier alpha value is -1.88. The van der Waals surface area contributed by atoms with Crippen LogP contribution in [-0.2, 0) is 11.3 Å². The fraction of sp³-hybridized carbons (Fsp3) is 0.333. The maximum absolute atomic E-state index is 11.7. The molecule has 0 fully saturated rings. The summed E-state index contributed by atoms with van der Waals surface area (Å²) in [6, 6.07) is 7.30. The summed E-state index contributed by atoms with van der Waals surface area (Å²) < 4.78 is 5.14. The van der Waals surface area contributed by atoms with E-state index in [2.05, 4.69) is 10.3 Å². The molecule has 4 nitrogen and oxygen atoms in total. The maximum atomic E-state index is 11.7. The van der Waals surface area contributed by atoms with Gasteiger partial charge in [0.1, 0.15) is 0 Å². The Labute approximate surface area is 122 Å². The number of aryl methyl sites for hydroxylation is 1. The van der Waals surface area contributed by atoms with Crippen LogP contribution in [0.4, 0.5) is 5.69 Å². The molecule has 0 aliphatic carbocycles. The number of nitrogens with zero attached hydrogens (tertiary/aromatic N) is 1. The van der Waals surface area contributed by atoms with E-state index in [9.17, 15) is 4.79 Å². The van der Waals surface area contributed by atoms with Crippen LogP contribution >= 0.6 is 11.3 Å². The van der Waals surface area contributed by atoms with Gasteiger partial charge in [0.2, 0.25) is 0 Å².